The summed E-state index contributed by atoms with van der Waals surface area (Å²) >= 11 is 0. The molecule has 2 fully saturated rings. The summed E-state index contributed by atoms with van der Waals surface area (Å²) in [6.07, 6.45) is 0.203. The van der Waals surface area contributed by atoms with Gasteiger partial charge < -0.3 is 39.6 Å². The highest BCUT2D eigenvalue weighted by Gasteiger charge is 2.43. The Bertz CT molecular complexity index is 1380. The second kappa shape index (κ2) is 11.5. The first-order chi connectivity index (χ1) is 19.2. The summed E-state index contributed by atoms with van der Waals surface area (Å²) in [5.74, 6) is 2.32. The van der Waals surface area contributed by atoms with E-state index in [1.807, 2.05) is 32.9 Å². The molecule has 0 spiro atoms. The number of nitrogens with one attached hydrogen (secondary N) is 2. The molecule has 12 nitrogen and oxygen atoms in total. The van der Waals surface area contributed by atoms with Crippen LogP contribution in [0.25, 0.3) is 22.3 Å². The number of carbonyl (C=O) groups is 1. The average molecular weight is 555 g/mol. The minimum atomic E-state index is -1.07. The first-order valence-electron chi connectivity index (χ1n) is 13.8. The first-order valence-corrected chi connectivity index (χ1v) is 13.8. The number of amides is 1. The summed E-state index contributed by atoms with van der Waals surface area (Å²) < 4.78 is 16.7. The fourth-order valence-electron chi connectivity index (χ4n) is 5.34. The number of pyridine rings is 1. The standard InChI is InChI=1S/C28H38N6O6/c1-6-39-21-11-17-10-20(40-25(17)15(3)30-21)22-14(2)31-27(29-12-16-7-8-16)33-26(22)32-19-9-18(23(35)24(19)36)13-34(4)28(37)38-5/h10-11,16,18-19,23-24,35-36H,6-9,12-13H2,1-5H3,(H2,29,31,32,33). The van der Waals surface area contributed by atoms with Gasteiger partial charge in [0.25, 0.3) is 0 Å². The maximum Gasteiger partial charge on any atom is 0.409 e. The van der Waals surface area contributed by atoms with Crippen LogP contribution in [0.4, 0.5) is 16.6 Å². The Morgan fingerprint density at radius 3 is 2.62 bits per heavy atom. The van der Waals surface area contributed by atoms with Crippen LogP contribution >= 0.6 is 0 Å². The molecule has 0 bridgehead atoms. The zero-order chi connectivity index (χ0) is 28.6. The molecule has 2 saturated carbocycles. The Morgan fingerprint density at radius 1 is 1.15 bits per heavy atom. The van der Waals surface area contributed by atoms with Gasteiger partial charge in [0.1, 0.15) is 17.7 Å². The number of ether oxygens (including phenoxy) is 2. The summed E-state index contributed by atoms with van der Waals surface area (Å²) in [5, 5.41) is 29.3. The third-order valence-corrected chi connectivity index (χ3v) is 7.64. The molecule has 216 valence electrons. The summed E-state index contributed by atoms with van der Waals surface area (Å²) in [5.41, 5.74) is 2.69. The minimum Gasteiger partial charge on any atom is -0.478 e. The van der Waals surface area contributed by atoms with Gasteiger partial charge in [0, 0.05) is 37.5 Å². The van der Waals surface area contributed by atoms with Gasteiger partial charge in [-0.2, -0.15) is 4.98 Å². The molecule has 12 heteroatoms. The smallest absolute Gasteiger partial charge is 0.409 e. The van der Waals surface area contributed by atoms with Gasteiger partial charge in [-0.05, 0) is 52.0 Å². The highest BCUT2D eigenvalue weighted by Crippen LogP contribution is 2.38. The van der Waals surface area contributed by atoms with Crippen LogP contribution in [-0.2, 0) is 4.74 Å². The van der Waals surface area contributed by atoms with Crippen molar-refractivity contribution in [3.8, 4) is 17.2 Å². The molecule has 5 rings (SSSR count). The number of aliphatic hydroxyl groups is 2. The summed E-state index contributed by atoms with van der Waals surface area (Å²) in [6, 6.07) is 3.23. The second-order valence-electron chi connectivity index (χ2n) is 10.8. The van der Waals surface area contributed by atoms with Crippen LogP contribution in [0.1, 0.15) is 37.6 Å². The Kier molecular flexibility index (Phi) is 7.99. The molecule has 0 aromatic carbocycles. The Morgan fingerprint density at radius 2 is 1.93 bits per heavy atom. The van der Waals surface area contributed by atoms with Crippen molar-refractivity contribution in [3.63, 3.8) is 0 Å². The van der Waals surface area contributed by atoms with Gasteiger partial charge in [-0.3, -0.25) is 0 Å². The predicted molar refractivity (Wildman–Crippen MR) is 149 cm³/mol. The molecule has 40 heavy (non-hydrogen) atoms. The summed E-state index contributed by atoms with van der Waals surface area (Å²) in [6.45, 7) is 7.21. The SMILES string of the molecule is CCOc1cc2cc(-c3c(C)nc(NCC4CC4)nc3NC3CC(CN(C)C(=O)OC)C(O)C3O)oc2c(C)n1. The third kappa shape index (κ3) is 5.78. The highest BCUT2D eigenvalue weighted by atomic mass is 16.5. The van der Waals surface area contributed by atoms with E-state index >= 15 is 0 Å². The lowest BCUT2D eigenvalue weighted by Gasteiger charge is -2.22. The zero-order valence-electron chi connectivity index (χ0n) is 23.6. The van der Waals surface area contributed by atoms with Gasteiger partial charge in [0.2, 0.25) is 11.8 Å². The largest absolute Gasteiger partial charge is 0.478 e. The van der Waals surface area contributed by atoms with Crippen LogP contribution in [0, 0.1) is 25.7 Å². The van der Waals surface area contributed by atoms with Crippen LogP contribution in [-0.4, -0.2) is 88.3 Å². The number of anilines is 2. The third-order valence-electron chi connectivity index (χ3n) is 7.64. The van der Waals surface area contributed by atoms with E-state index in [0.29, 0.717) is 64.9 Å². The molecule has 0 radical (unpaired) electrons. The maximum atomic E-state index is 11.9. The number of aryl methyl sites for hydroxylation is 2. The van der Waals surface area contributed by atoms with E-state index in [2.05, 4.69) is 15.6 Å². The second-order valence-corrected chi connectivity index (χ2v) is 10.8. The molecule has 3 heterocycles. The number of aliphatic hydroxyl groups excluding tert-OH is 2. The van der Waals surface area contributed by atoms with Gasteiger partial charge in [0.15, 0.2) is 5.58 Å². The average Bonchev–Trinajstić information content (AvgIpc) is 3.60. The van der Waals surface area contributed by atoms with Crippen molar-refractivity contribution in [3.05, 3.63) is 23.5 Å². The van der Waals surface area contributed by atoms with Crippen molar-refractivity contribution in [2.45, 2.75) is 58.3 Å². The molecular formula is C28H38N6O6. The van der Waals surface area contributed by atoms with Crippen molar-refractivity contribution in [1.29, 1.82) is 0 Å². The number of hydrogen-bond acceptors (Lipinski definition) is 11. The van der Waals surface area contributed by atoms with Gasteiger partial charge in [-0.1, -0.05) is 0 Å². The Labute approximate surface area is 233 Å². The van der Waals surface area contributed by atoms with Crippen LogP contribution < -0.4 is 15.4 Å². The van der Waals surface area contributed by atoms with Gasteiger partial charge >= 0.3 is 6.09 Å². The van der Waals surface area contributed by atoms with Crippen LogP contribution in [0.15, 0.2) is 16.5 Å². The van der Waals surface area contributed by atoms with Crippen molar-refractivity contribution in [2.75, 3.05) is 44.5 Å². The lowest BCUT2D eigenvalue weighted by Crippen LogP contribution is -2.38. The lowest BCUT2D eigenvalue weighted by atomic mass is 10.1. The minimum absolute atomic E-state index is 0.241. The van der Waals surface area contributed by atoms with Gasteiger partial charge in [-0.25, -0.2) is 14.8 Å². The Balaban J connectivity index is 1.48. The quantitative estimate of drug-likeness (QED) is 0.292. The van der Waals surface area contributed by atoms with Crippen molar-refractivity contribution >= 4 is 28.8 Å². The number of fused-ring (bicyclic) bond motifs is 1. The number of hydrogen-bond donors (Lipinski definition) is 4. The predicted octanol–water partition coefficient (Wildman–Crippen LogP) is 3.34. The monoisotopic (exact) mass is 554 g/mol. The molecule has 2 aliphatic carbocycles. The summed E-state index contributed by atoms with van der Waals surface area (Å²) in [4.78, 5) is 27.3. The molecule has 4 N–H and O–H groups in total. The fraction of sp³-hybridized carbons (Fsp3) is 0.571. The molecule has 4 unspecified atom stereocenters. The topological polar surface area (TPSA) is 155 Å². The molecule has 4 atom stereocenters. The molecule has 1 amide bonds. The normalized spacial score (nSPS) is 22.4. The molecule has 0 saturated heterocycles. The van der Waals surface area contributed by atoms with E-state index in [9.17, 15) is 15.0 Å². The number of rotatable bonds is 10. The van der Waals surface area contributed by atoms with E-state index in [-0.39, 0.29) is 12.5 Å². The van der Waals surface area contributed by atoms with Crippen molar-refractivity contribution in [2.24, 2.45) is 11.8 Å². The molecule has 3 aromatic heterocycles. The number of methoxy groups -OCH3 is 1. The number of aromatic nitrogens is 3. The van der Waals surface area contributed by atoms with E-state index in [1.165, 1.54) is 24.9 Å². The van der Waals surface area contributed by atoms with E-state index < -0.39 is 24.3 Å². The first kappa shape index (κ1) is 27.9. The highest BCUT2D eigenvalue weighted by molar-refractivity contribution is 5.88. The van der Waals surface area contributed by atoms with E-state index in [4.69, 9.17) is 23.9 Å². The summed E-state index contributed by atoms with van der Waals surface area (Å²) in [7, 11) is 2.91. The van der Waals surface area contributed by atoms with Crippen molar-refractivity contribution < 1.29 is 28.9 Å². The van der Waals surface area contributed by atoms with Gasteiger partial charge in [0.05, 0.1) is 42.8 Å². The van der Waals surface area contributed by atoms with Crippen molar-refractivity contribution in [1.82, 2.24) is 19.9 Å². The van der Waals surface area contributed by atoms with Crippen LogP contribution in [0.3, 0.4) is 0 Å². The van der Waals surface area contributed by atoms with Crippen LogP contribution in [0.5, 0.6) is 5.88 Å². The number of furan rings is 1. The number of carbonyl (C=O) groups excluding carboxylic acids is 1. The molecule has 2 aliphatic rings. The molecular weight excluding hydrogens is 516 g/mol. The maximum absolute atomic E-state index is 11.9. The molecule has 3 aromatic rings. The van der Waals surface area contributed by atoms with Crippen LogP contribution in [0.2, 0.25) is 0 Å². The van der Waals surface area contributed by atoms with E-state index in [0.717, 1.165) is 11.9 Å². The lowest BCUT2D eigenvalue weighted by molar-refractivity contribution is 0.0111. The molecule has 0 aliphatic heterocycles. The fourth-order valence-corrected chi connectivity index (χ4v) is 5.34. The Hall–Kier alpha value is -3.64. The number of nitrogens with zero attached hydrogens (tertiary/aromatic N) is 4. The zero-order valence-corrected chi connectivity index (χ0v) is 23.6. The van der Waals surface area contributed by atoms with Gasteiger partial charge in [-0.15, -0.1) is 0 Å². The van der Waals surface area contributed by atoms with E-state index in [1.54, 1.807) is 7.05 Å².